The third-order valence-electron chi connectivity index (χ3n) is 4.93. The lowest BCUT2D eigenvalue weighted by Gasteiger charge is -2.22. The number of nitrogens with one attached hydrogen (secondary N) is 2. The molecule has 1 saturated carbocycles. The maximum Gasteiger partial charge on any atom is 0.223 e. The first-order chi connectivity index (χ1) is 13.0. The first kappa shape index (κ1) is 21.6. The predicted molar refractivity (Wildman–Crippen MR) is 110 cm³/mol. The Hall–Kier alpha value is -1.67. The third-order valence-corrected chi connectivity index (χ3v) is 5.98. The van der Waals surface area contributed by atoms with Gasteiger partial charge >= 0.3 is 0 Å². The van der Waals surface area contributed by atoms with E-state index in [1.807, 2.05) is 18.9 Å². The minimum absolute atomic E-state index is 0.0132. The zero-order valence-electron chi connectivity index (χ0n) is 17.0. The number of amides is 1. The molecule has 0 aromatic carbocycles. The molecule has 0 spiro atoms. The van der Waals surface area contributed by atoms with Crippen LogP contribution in [0.3, 0.4) is 0 Å². The average molecular weight is 396 g/mol. The van der Waals surface area contributed by atoms with E-state index in [1.165, 1.54) is 19.3 Å². The van der Waals surface area contributed by atoms with Gasteiger partial charge in [-0.1, -0.05) is 19.3 Å². The van der Waals surface area contributed by atoms with Crippen LogP contribution in [0.25, 0.3) is 0 Å². The molecule has 0 radical (unpaired) electrons. The number of aromatic nitrogens is 1. The summed E-state index contributed by atoms with van der Waals surface area (Å²) in [6.07, 6.45) is 5.69. The summed E-state index contributed by atoms with van der Waals surface area (Å²) in [5, 5.41) is 9.38. The number of hydrogen-bond acceptors (Lipinski definition) is 5. The number of carbonyl (C=O) groups excluding carboxylic acids is 1. The quantitative estimate of drug-likeness (QED) is 0.402. The minimum Gasteiger partial charge on any atom is -0.375 e. The fourth-order valence-electron chi connectivity index (χ4n) is 3.25. The Balaban J connectivity index is 1.72. The summed E-state index contributed by atoms with van der Waals surface area (Å²) >= 11 is 1.61. The first-order valence-electron chi connectivity index (χ1n) is 9.71. The van der Waals surface area contributed by atoms with Gasteiger partial charge in [0.1, 0.15) is 11.1 Å². The zero-order chi connectivity index (χ0) is 19.6. The van der Waals surface area contributed by atoms with E-state index in [-0.39, 0.29) is 17.9 Å². The van der Waals surface area contributed by atoms with E-state index < -0.39 is 0 Å². The number of thiazole rings is 1. The SMILES string of the molecule is CN=C(NCCNC(=O)C1CCCCC1)N(C)Cc1csc(C(C)OC)n1. The fourth-order valence-corrected chi connectivity index (χ4v) is 4.10. The number of methoxy groups -OCH3 is 1. The lowest BCUT2D eigenvalue weighted by atomic mass is 9.89. The molecule has 1 aromatic rings. The number of rotatable bonds is 8. The molecule has 0 aliphatic heterocycles. The van der Waals surface area contributed by atoms with Crippen LogP contribution in [-0.2, 0) is 16.1 Å². The van der Waals surface area contributed by atoms with Crippen LogP contribution in [0.2, 0.25) is 0 Å². The number of hydrogen-bond donors (Lipinski definition) is 2. The highest BCUT2D eigenvalue weighted by Crippen LogP contribution is 2.23. The normalized spacial score (nSPS) is 16.8. The molecule has 1 aromatic heterocycles. The molecule has 7 nitrogen and oxygen atoms in total. The molecule has 2 N–H and O–H groups in total. The van der Waals surface area contributed by atoms with Crippen molar-refractivity contribution in [2.75, 3.05) is 34.3 Å². The summed E-state index contributed by atoms with van der Waals surface area (Å²) in [4.78, 5) is 23.1. The van der Waals surface area contributed by atoms with Gasteiger partial charge < -0.3 is 20.3 Å². The summed E-state index contributed by atoms with van der Waals surface area (Å²) in [5.74, 6) is 1.19. The lowest BCUT2D eigenvalue weighted by Crippen LogP contribution is -2.43. The van der Waals surface area contributed by atoms with Crippen LogP contribution in [0.5, 0.6) is 0 Å². The Morgan fingerprint density at radius 3 is 2.74 bits per heavy atom. The highest BCUT2D eigenvalue weighted by atomic mass is 32.1. The highest BCUT2D eigenvalue weighted by molar-refractivity contribution is 7.09. The van der Waals surface area contributed by atoms with Crippen LogP contribution < -0.4 is 10.6 Å². The van der Waals surface area contributed by atoms with Gasteiger partial charge in [-0.05, 0) is 19.8 Å². The predicted octanol–water partition coefficient (Wildman–Crippen LogP) is 2.55. The molecule has 8 heteroatoms. The van der Waals surface area contributed by atoms with Crippen molar-refractivity contribution in [1.82, 2.24) is 20.5 Å². The van der Waals surface area contributed by atoms with Gasteiger partial charge in [0.05, 0.1) is 12.2 Å². The van der Waals surface area contributed by atoms with Gasteiger partial charge in [0.15, 0.2) is 5.96 Å². The summed E-state index contributed by atoms with van der Waals surface area (Å²) in [5.41, 5.74) is 0.995. The zero-order valence-corrected chi connectivity index (χ0v) is 17.8. The van der Waals surface area contributed by atoms with Crippen LogP contribution in [0.4, 0.5) is 0 Å². The Labute approximate surface area is 166 Å². The minimum atomic E-state index is 0.0132. The van der Waals surface area contributed by atoms with Gasteiger partial charge in [-0.25, -0.2) is 4.98 Å². The van der Waals surface area contributed by atoms with Gasteiger partial charge in [-0.2, -0.15) is 0 Å². The Kier molecular flexibility index (Phi) is 9.00. The fraction of sp³-hybridized carbons (Fsp3) is 0.737. The number of guanidine groups is 1. The number of nitrogens with zero attached hydrogens (tertiary/aromatic N) is 3. The van der Waals surface area contributed by atoms with Crippen molar-refractivity contribution in [2.24, 2.45) is 10.9 Å². The molecular formula is C19H33N5O2S. The first-order valence-corrected chi connectivity index (χ1v) is 10.6. The van der Waals surface area contributed by atoms with Crippen molar-refractivity contribution >= 4 is 23.2 Å². The maximum atomic E-state index is 12.2. The molecule has 1 amide bonds. The van der Waals surface area contributed by atoms with Crippen molar-refractivity contribution in [3.63, 3.8) is 0 Å². The standard InChI is InChI=1S/C19H33N5O2S/c1-14(26-4)18-23-16(13-27-18)12-24(3)19(20-2)22-11-10-21-17(25)15-8-6-5-7-9-15/h13-15H,5-12H2,1-4H3,(H,20,22)(H,21,25). The van der Waals surface area contributed by atoms with Gasteiger partial charge in [-0.15, -0.1) is 11.3 Å². The number of aliphatic imine (C=N–C) groups is 1. The van der Waals surface area contributed by atoms with Crippen molar-refractivity contribution < 1.29 is 9.53 Å². The van der Waals surface area contributed by atoms with E-state index in [9.17, 15) is 4.79 Å². The van der Waals surface area contributed by atoms with Crippen LogP contribution in [0.1, 0.15) is 55.8 Å². The molecule has 1 heterocycles. The van der Waals surface area contributed by atoms with Crippen LogP contribution in [-0.4, -0.2) is 56.0 Å². The molecule has 1 aliphatic carbocycles. The highest BCUT2D eigenvalue weighted by Gasteiger charge is 2.20. The molecule has 0 saturated heterocycles. The van der Waals surface area contributed by atoms with E-state index in [0.29, 0.717) is 19.6 Å². The topological polar surface area (TPSA) is 78.9 Å². The second kappa shape index (κ2) is 11.2. The largest absolute Gasteiger partial charge is 0.375 e. The Bertz CT molecular complexity index is 613. The molecule has 1 atom stereocenters. The Morgan fingerprint density at radius 2 is 2.07 bits per heavy atom. The van der Waals surface area contributed by atoms with Crippen LogP contribution in [0.15, 0.2) is 10.4 Å². The van der Waals surface area contributed by atoms with E-state index >= 15 is 0 Å². The summed E-state index contributed by atoms with van der Waals surface area (Å²) in [7, 11) is 5.43. The maximum absolute atomic E-state index is 12.2. The summed E-state index contributed by atoms with van der Waals surface area (Å²) in [6, 6.07) is 0. The van der Waals surface area contributed by atoms with Crippen molar-refractivity contribution in [1.29, 1.82) is 0 Å². The molecule has 1 unspecified atom stereocenters. The molecule has 27 heavy (non-hydrogen) atoms. The smallest absolute Gasteiger partial charge is 0.223 e. The second-order valence-corrected chi connectivity index (χ2v) is 7.90. The van der Waals surface area contributed by atoms with Crippen molar-refractivity contribution in [2.45, 2.75) is 51.7 Å². The number of carbonyl (C=O) groups is 1. The van der Waals surface area contributed by atoms with Gasteiger partial charge in [0.2, 0.25) is 5.91 Å². The average Bonchev–Trinajstić information content (AvgIpc) is 3.16. The van der Waals surface area contributed by atoms with Crippen molar-refractivity contribution in [3.05, 3.63) is 16.1 Å². The lowest BCUT2D eigenvalue weighted by molar-refractivity contribution is -0.125. The molecule has 1 fully saturated rings. The van der Waals surface area contributed by atoms with Crippen LogP contribution >= 0.6 is 11.3 Å². The Morgan fingerprint density at radius 1 is 1.37 bits per heavy atom. The van der Waals surface area contributed by atoms with Crippen molar-refractivity contribution in [3.8, 4) is 0 Å². The van der Waals surface area contributed by atoms with E-state index in [2.05, 4.69) is 26.0 Å². The summed E-state index contributed by atoms with van der Waals surface area (Å²) in [6.45, 7) is 3.92. The molecule has 152 valence electrons. The van der Waals surface area contributed by atoms with Crippen LogP contribution in [0, 0.1) is 5.92 Å². The van der Waals surface area contributed by atoms with Gasteiger partial charge in [0.25, 0.3) is 0 Å². The van der Waals surface area contributed by atoms with Gasteiger partial charge in [-0.3, -0.25) is 9.79 Å². The molecular weight excluding hydrogens is 362 g/mol. The summed E-state index contributed by atoms with van der Waals surface area (Å²) < 4.78 is 5.32. The second-order valence-electron chi connectivity index (χ2n) is 7.01. The molecule has 1 aliphatic rings. The van der Waals surface area contributed by atoms with Gasteiger partial charge in [0, 0.05) is 45.6 Å². The third kappa shape index (κ3) is 6.77. The van der Waals surface area contributed by atoms with E-state index in [1.54, 1.807) is 25.5 Å². The molecule has 0 bridgehead atoms. The number of ether oxygens (including phenoxy) is 1. The monoisotopic (exact) mass is 395 g/mol. The van der Waals surface area contributed by atoms with E-state index in [0.717, 1.165) is 29.5 Å². The van der Waals surface area contributed by atoms with E-state index in [4.69, 9.17) is 4.74 Å². The molecule has 2 rings (SSSR count).